The maximum absolute atomic E-state index is 11.2. The highest BCUT2D eigenvalue weighted by molar-refractivity contribution is 5.77. The van der Waals surface area contributed by atoms with E-state index in [2.05, 4.69) is 11.2 Å². The van der Waals surface area contributed by atoms with Crippen LogP contribution in [-0.2, 0) is 4.79 Å². The molecule has 4 nitrogen and oxygen atoms in total. The van der Waals surface area contributed by atoms with Crippen molar-refractivity contribution in [3.63, 3.8) is 0 Å². The van der Waals surface area contributed by atoms with Gasteiger partial charge in [0.1, 0.15) is 5.75 Å². The van der Waals surface area contributed by atoms with E-state index in [1.165, 1.54) is 0 Å². The lowest BCUT2D eigenvalue weighted by atomic mass is 10.1. The topological polar surface area (TPSA) is 58.6 Å². The Morgan fingerprint density at radius 3 is 2.72 bits per heavy atom. The number of carbonyl (C=O) groups is 1. The van der Waals surface area contributed by atoms with Crippen LogP contribution in [0, 0.1) is 12.3 Å². The van der Waals surface area contributed by atoms with Gasteiger partial charge in [-0.15, -0.1) is 6.42 Å². The molecule has 4 heteroatoms. The molecule has 18 heavy (non-hydrogen) atoms. The van der Waals surface area contributed by atoms with Crippen LogP contribution in [0.15, 0.2) is 24.3 Å². The molecule has 1 amide bonds. The SMILES string of the molecule is C#CCNC(=O)COc1ccc([C@H](O)CC)cc1. The summed E-state index contributed by atoms with van der Waals surface area (Å²) in [5.74, 6) is 2.63. The van der Waals surface area contributed by atoms with E-state index in [0.29, 0.717) is 12.2 Å². The van der Waals surface area contributed by atoms with Crippen molar-refractivity contribution in [2.75, 3.05) is 13.2 Å². The van der Waals surface area contributed by atoms with Crippen molar-refractivity contribution in [2.24, 2.45) is 0 Å². The Labute approximate surface area is 107 Å². The summed E-state index contributed by atoms with van der Waals surface area (Å²) in [7, 11) is 0. The minimum atomic E-state index is -0.460. The summed E-state index contributed by atoms with van der Waals surface area (Å²) in [4.78, 5) is 11.2. The molecule has 0 saturated carbocycles. The predicted octanol–water partition coefficient (Wildman–Crippen LogP) is 1.26. The smallest absolute Gasteiger partial charge is 0.258 e. The van der Waals surface area contributed by atoms with Crippen molar-refractivity contribution in [1.29, 1.82) is 0 Å². The van der Waals surface area contributed by atoms with Crippen LogP contribution in [0.1, 0.15) is 25.0 Å². The molecule has 0 saturated heterocycles. The van der Waals surface area contributed by atoms with E-state index < -0.39 is 6.10 Å². The van der Waals surface area contributed by atoms with Crippen molar-refractivity contribution in [1.82, 2.24) is 5.32 Å². The summed E-state index contributed by atoms with van der Waals surface area (Å²) in [6.45, 7) is 2.03. The van der Waals surface area contributed by atoms with Crippen LogP contribution in [-0.4, -0.2) is 24.2 Å². The molecule has 0 bridgehead atoms. The number of aliphatic hydroxyl groups excluding tert-OH is 1. The number of amides is 1. The highest BCUT2D eigenvalue weighted by Gasteiger charge is 2.05. The van der Waals surface area contributed by atoms with Gasteiger partial charge in [0.15, 0.2) is 6.61 Å². The van der Waals surface area contributed by atoms with Gasteiger partial charge in [0.2, 0.25) is 0 Å². The van der Waals surface area contributed by atoms with Crippen LogP contribution in [0.4, 0.5) is 0 Å². The van der Waals surface area contributed by atoms with Crippen LogP contribution in [0.25, 0.3) is 0 Å². The zero-order valence-corrected chi connectivity index (χ0v) is 10.3. The van der Waals surface area contributed by atoms with Crippen LogP contribution in [0.3, 0.4) is 0 Å². The Kier molecular flexibility index (Phi) is 5.75. The molecule has 0 aromatic heterocycles. The molecule has 0 fully saturated rings. The molecule has 1 aromatic carbocycles. The number of aliphatic hydroxyl groups is 1. The first-order chi connectivity index (χ1) is 8.67. The molecular weight excluding hydrogens is 230 g/mol. The first-order valence-corrected chi connectivity index (χ1v) is 5.78. The second-order valence-corrected chi connectivity index (χ2v) is 3.76. The Morgan fingerprint density at radius 1 is 1.50 bits per heavy atom. The minimum Gasteiger partial charge on any atom is -0.484 e. The molecular formula is C14H17NO3. The summed E-state index contributed by atoms with van der Waals surface area (Å²) in [6, 6.07) is 7.01. The first kappa shape index (κ1) is 14.1. The molecule has 1 aromatic rings. The number of carbonyl (C=O) groups excluding carboxylic acids is 1. The first-order valence-electron chi connectivity index (χ1n) is 5.78. The van der Waals surface area contributed by atoms with E-state index in [0.717, 1.165) is 5.56 Å². The van der Waals surface area contributed by atoms with Crippen molar-refractivity contribution in [3.8, 4) is 18.1 Å². The fraction of sp³-hybridized carbons (Fsp3) is 0.357. The Hall–Kier alpha value is -1.99. The standard InChI is InChI=1S/C14H17NO3/c1-3-9-15-14(17)10-18-12-7-5-11(6-8-12)13(16)4-2/h1,5-8,13,16H,4,9-10H2,2H3,(H,15,17)/t13-/m1/s1. The van der Waals surface area contributed by atoms with E-state index >= 15 is 0 Å². The molecule has 2 N–H and O–H groups in total. The molecule has 0 aliphatic heterocycles. The highest BCUT2D eigenvalue weighted by Crippen LogP contribution is 2.19. The predicted molar refractivity (Wildman–Crippen MR) is 69.0 cm³/mol. The zero-order chi connectivity index (χ0) is 13.4. The van der Waals surface area contributed by atoms with Gasteiger partial charge in [-0.1, -0.05) is 25.0 Å². The largest absolute Gasteiger partial charge is 0.484 e. The quantitative estimate of drug-likeness (QED) is 0.744. The van der Waals surface area contributed by atoms with Gasteiger partial charge in [-0.2, -0.15) is 0 Å². The third kappa shape index (κ3) is 4.48. The number of hydrogen-bond donors (Lipinski definition) is 2. The summed E-state index contributed by atoms with van der Waals surface area (Å²) in [6.07, 6.45) is 5.21. The van der Waals surface area contributed by atoms with Gasteiger partial charge in [-0.05, 0) is 24.1 Å². The monoisotopic (exact) mass is 247 g/mol. The Balaban J connectivity index is 2.44. The number of hydrogen-bond acceptors (Lipinski definition) is 3. The second kappa shape index (κ2) is 7.36. The van der Waals surface area contributed by atoms with E-state index in [9.17, 15) is 9.90 Å². The molecule has 0 heterocycles. The summed E-state index contributed by atoms with van der Waals surface area (Å²) < 4.78 is 5.27. The molecule has 0 aliphatic rings. The molecule has 0 radical (unpaired) electrons. The van der Waals surface area contributed by atoms with E-state index in [1.54, 1.807) is 24.3 Å². The molecule has 0 unspecified atom stereocenters. The minimum absolute atomic E-state index is 0.0721. The van der Waals surface area contributed by atoms with Crippen LogP contribution >= 0.6 is 0 Å². The summed E-state index contributed by atoms with van der Waals surface area (Å²) in [5, 5.41) is 12.1. The van der Waals surface area contributed by atoms with Crippen LogP contribution in [0.5, 0.6) is 5.75 Å². The number of nitrogens with one attached hydrogen (secondary N) is 1. The fourth-order valence-electron chi connectivity index (χ4n) is 1.37. The zero-order valence-electron chi connectivity index (χ0n) is 10.3. The maximum Gasteiger partial charge on any atom is 0.258 e. The average Bonchev–Trinajstić information content (AvgIpc) is 2.42. The molecule has 1 rings (SSSR count). The van der Waals surface area contributed by atoms with Crippen molar-refractivity contribution in [3.05, 3.63) is 29.8 Å². The lowest BCUT2D eigenvalue weighted by molar-refractivity contribution is -0.122. The maximum atomic E-state index is 11.2. The number of terminal acetylenes is 1. The lowest BCUT2D eigenvalue weighted by Gasteiger charge is -2.10. The Morgan fingerprint density at radius 2 is 2.17 bits per heavy atom. The third-order valence-corrected chi connectivity index (χ3v) is 2.41. The number of ether oxygens (including phenoxy) is 1. The Bertz CT molecular complexity index is 420. The van der Waals surface area contributed by atoms with E-state index in [-0.39, 0.29) is 19.1 Å². The third-order valence-electron chi connectivity index (χ3n) is 2.41. The molecule has 1 atom stereocenters. The molecule has 0 aliphatic carbocycles. The number of benzene rings is 1. The van der Waals surface area contributed by atoms with Crippen molar-refractivity contribution < 1.29 is 14.6 Å². The van der Waals surface area contributed by atoms with Crippen LogP contribution in [0.2, 0.25) is 0 Å². The normalized spacial score (nSPS) is 11.4. The van der Waals surface area contributed by atoms with Gasteiger partial charge in [-0.3, -0.25) is 4.79 Å². The summed E-state index contributed by atoms with van der Waals surface area (Å²) in [5.41, 5.74) is 0.835. The van der Waals surface area contributed by atoms with Crippen LogP contribution < -0.4 is 10.1 Å². The second-order valence-electron chi connectivity index (χ2n) is 3.76. The fourth-order valence-corrected chi connectivity index (χ4v) is 1.37. The molecule has 96 valence electrons. The average molecular weight is 247 g/mol. The van der Waals surface area contributed by atoms with Gasteiger partial charge in [-0.25, -0.2) is 0 Å². The molecule has 0 spiro atoms. The van der Waals surface area contributed by atoms with Gasteiger partial charge in [0.05, 0.1) is 12.6 Å². The van der Waals surface area contributed by atoms with Gasteiger partial charge in [0.25, 0.3) is 5.91 Å². The van der Waals surface area contributed by atoms with Gasteiger partial charge in [0, 0.05) is 0 Å². The van der Waals surface area contributed by atoms with Gasteiger partial charge < -0.3 is 15.2 Å². The highest BCUT2D eigenvalue weighted by atomic mass is 16.5. The van der Waals surface area contributed by atoms with Crippen molar-refractivity contribution >= 4 is 5.91 Å². The summed E-state index contributed by atoms with van der Waals surface area (Å²) >= 11 is 0. The van der Waals surface area contributed by atoms with E-state index in [4.69, 9.17) is 11.2 Å². The van der Waals surface area contributed by atoms with Crippen molar-refractivity contribution in [2.45, 2.75) is 19.4 Å². The number of rotatable bonds is 6. The van der Waals surface area contributed by atoms with Gasteiger partial charge >= 0.3 is 0 Å². The van der Waals surface area contributed by atoms with E-state index in [1.807, 2.05) is 6.92 Å². The lowest BCUT2D eigenvalue weighted by Crippen LogP contribution is -2.29.